The Morgan fingerprint density at radius 2 is 2.27 bits per heavy atom. The summed E-state index contributed by atoms with van der Waals surface area (Å²) >= 11 is 0.962. The Morgan fingerprint density at radius 1 is 1.45 bits per heavy atom. The van der Waals surface area contributed by atoms with Gasteiger partial charge < -0.3 is 0 Å². The molecule has 0 aliphatic heterocycles. The Kier molecular flexibility index (Phi) is 3.38. The van der Waals surface area contributed by atoms with Crippen molar-refractivity contribution < 1.29 is 14.6 Å². The predicted octanol–water partition coefficient (Wildman–Crippen LogP) is 2.42. The van der Waals surface area contributed by atoms with E-state index in [0.29, 0.717) is 0 Å². The molecule has 0 aromatic heterocycles. The van der Waals surface area contributed by atoms with Gasteiger partial charge in [0.1, 0.15) is 0 Å². The molecule has 0 saturated heterocycles. The van der Waals surface area contributed by atoms with Gasteiger partial charge in [0.05, 0.1) is 12.0 Å². The van der Waals surface area contributed by atoms with Gasteiger partial charge in [-0.1, -0.05) is 17.2 Å². The molecule has 11 heavy (non-hydrogen) atoms. The van der Waals surface area contributed by atoms with Gasteiger partial charge in [-0.25, -0.2) is 5.26 Å². The van der Waals surface area contributed by atoms with Gasteiger partial charge in [0, 0.05) is 4.90 Å². The minimum atomic E-state index is 0.888. The van der Waals surface area contributed by atoms with Crippen LogP contribution in [-0.2, 0) is 9.37 Å². The van der Waals surface area contributed by atoms with Crippen LogP contribution in [0, 0.1) is 6.92 Å². The number of hydrogen-bond donors (Lipinski definition) is 1. The van der Waals surface area contributed by atoms with Gasteiger partial charge in [0.2, 0.25) is 0 Å². The van der Waals surface area contributed by atoms with Gasteiger partial charge in [-0.2, -0.15) is 0 Å². The molecule has 1 aromatic carbocycles. The molecule has 0 aliphatic carbocycles. The van der Waals surface area contributed by atoms with E-state index in [1.54, 1.807) is 0 Å². The van der Waals surface area contributed by atoms with Crippen molar-refractivity contribution in [2.24, 2.45) is 0 Å². The minimum absolute atomic E-state index is 0.888. The van der Waals surface area contributed by atoms with Crippen LogP contribution in [-0.4, -0.2) is 5.26 Å². The highest BCUT2D eigenvalue weighted by Crippen LogP contribution is 2.19. The van der Waals surface area contributed by atoms with Crippen molar-refractivity contribution in [1.82, 2.24) is 0 Å². The van der Waals surface area contributed by atoms with E-state index >= 15 is 0 Å². The molecule has 0 unspecified atom stereocenters. The number of hydrogen-bond acceptors (Lipinski definition) is 4. The average Bonchev–Trinajstić information content (AvgIpc) is 2.01. The first-order chi connectivity index (χ1) is 5.33. The Hall–Kier alpha value is -0.550. The summed E-state index contributed by atoms with van der Waals surface area (Å²) in [5.74, 6) is 0. The summed E-state index contributed by atoms with van der Waals surface area (Å²) in [6.45, 7) is 1.98. The summed E-state index contributed by atoms with van der Waals surface area (Å²) in [5, 5.41) is 11.3. The third-order valence-electron chi connectivity index (χ3n) is 1.15. The molecule has 0 saturated carbocycles. The molecule has 0 aliphatic rings. The fraction of sp³-hybridized carbons (Fsp3) is 0.143. The van der Waals surface area contributed by atoms with Crippen LogP contribution in [0.3, 0.4) is 0 Å². The van der Waals surface area contributed by atoms with Crippen molar-refractivity contribution in [2.45, 2.75) is 11.8 Å². The minimum Gasteiger partial charge on any atom is -0.220 e. The monoisotopic (exact) mass is 172 g/mol. The zero-order valence-electron chi connectivity index (χ0n) is 5.98. The first-order valence-electron chi connectivity index (χ1n) is 3.04. The summed E-state index contributed by atoms with van der Waals surface area (Å²) in [4.78, 5) is 0.888. The zero-order valence-corrected chi connectivity index (χ0v) is 6.80. The molecular formula is C7H8O3S. The van der Waals surface area contributed by atoms with Crippen molar-refractivity contribution in [2.75, 3.05) is 0 Å². The molecule has 4 heteroatoms. The predicted molar refractivity (Wildman–Crippen MR) is 41.8 cm³/mol. The third-order valence-corrected chi connectivity index (χ3v) is 1.73. The molecule has 3 nitrogen and oxygen atoms in total. The summed E-state index contributed by atoms with van der Waals surface area (Å²) in [6.07, 6.45) is 0. The van der Waals surface area contributed by atoms with Crippen molar-refractivity contribution in [1.29, 1.82) is 0 Å². The molecule has 0 radical (unpaired) electrons. The fourth-order valence-corrected chi connectivity index (χ4v) is 1.20. The van der Waals surface area contributed by atoms with Crippen LogP contribution < -0.4 is 0 Å². The normalized spacial score (nSPS) is 10.0. The first-order valence-corrected chi connectivity index (χ1v) is 3.78. The molecule has 0 atom stereocenters. The Labute approximate surface area is 69.0 Å². The van der Waals surface area contributed by atoms with Gasteiger partial charge in [0.15, 0.2) is 0 Å². The quantitative estimate of drug-likeness (QED) is 0.431. The van der Waals surface area contributed by atoms with Crippen LogP contribution in [0.1, 0.15) is 5.56 Å². The van der Waals surface area contributed by atoms with Crippen molar-refractivity contribution >= 4 is 12.0 Å². The summed E-state index contributed by atoms with van der Waals surface area (Å²) in [6, 6.07) is 7.66. The second-order valence-electron chi connectivity index (χ2n) is 2.04. The van der Waals surface area contributed by atoms with E-state index < -0.39 is 0 Å². The highest BCUT2D eigenvalue weighted by atomic mass is 32.2. The molecule has 60 valence electrons. The average molecular weight is 172 g/mol. The molecule has 0 fully saturated rings. The van der Waals surface area contributed by atoms with Crippen LogP contribution in [0.5, 0.6) is 0 Å². The van der Waals surface area contributed by atoms with Crippen LogP contribution in [0.15, 0.2) is 29.2 Å². The molecule has 0 heterocycles. The second-order valence-corrected chi connectivity index (χ2v) is 2.82. The van der Waals surface area contributed by atoms with Gasteiger partial charge in [-0.05, 0) is 24.6 Å². The lowest BCUT2D eigenvalue weighted by Crippen LogP contribution is -1.79. The maximum atomic E-state index is 7.85. The van der Waals surface area contributed by atoms with E-state index in [1.165, 1.54) is 0 Å². The molecule has 0 spiro atoms. The van der Waals surface area contributed by atoms with Gasteiger partial charge in [-0.15, -0.1) is 4.33 Å². The zero-order chi connectivity index (χ0) is 8.10. The second kappa shape index (κ2) is 4.35. The Morgan fingerprint density at radius 3 is 2.91 bits per heavy atom. The van der Waals surface area contributed by atoms with Crippen LogP contribution in [0.2, 0.25) is 0 Å². The number of aryl methyl sites for hydroxylation is 1. The summed E-state index contributed by atoms with van der Waals surface area (Å²) in [5.41, 5.74) is 1.14. The first kappa shape index (κ1) is 8.55. The largest absolute Gasteiger partial charge is 0.220 e. The summed E-state index contributed by atoms with van der Waals surface area (Å²) < 4.78 is 4.25. The van der Waals surface area contributed by atoms with Crippen LogP contribution >= 0.6 is 12.0 Å². The SMILES string of the molecule is Cc1cccc(SOOO)c1. The van der Waals surface area contributed by atoms with E-state index in [9.17, 15) is 0 Å². The van der Waals surface area contributed by atoms with Gasteiger partial charge in [-0.3, -0.25) is 0 Å². The maximum absolute atomic E-state index is 7.85. The molecule has 0 bridgehead atoms. The van der Waals surface area contributed by atoms with E-state index in [-0.39, 0.29) is 0 Å². The lowest BCUT2D eigenvalue weighted by atomic mass is 10.2. The van der Waals surface area contributed by atoms with Crippen molar-refractivity contribution in [3.63, 3.8) is 0 Å². The van der Waals surface area contributed by atoms with Crippen LogP contribution in [0.25, 0.3) is 0 Å². The Balaban J connectivity index is 2.56. The lowest BCUT2D eigenvalue weighted by Gasteiger charge is -1.97. The molecule has 1 N–H and O–H groups in total. The number of benzene rings is 1. The van der Waals surface area contributed by atoms with Crippen LogP contribution in [0.4, 0.5) is 0 Å². The third kappa shape index (κ3) is 2.90. The van der Waals surface area contributed by atoms with Gasteiger partial charge in [0.25, 0.3) is 0 Å². The highest BCUT2D eigenvalue weighted by molar-refractivity contribution is 7.94. The van der Waals surface area contributed by atoms with E-state index in [1.807, 2.05) is 31.2 Å². The number of rotatable bonds is 3. The maximum Gasteiger partial charge on any atom is 0.0714 e. The highest BCUT2D eigenvalue weighted by Gasteiger charge is 1.94. The lowest BCUT2D eigenvalue weighted by molar-refractivity contribution is -0.432. The topological polar surface area (TPSA) is 38.7 Å². The fourth-order valence-electron chi connectivity index (χ4n) is 0.722. The van der Waals surface area contributed by atoms with E-state index in [0.717, 1.165) is 22.5 Å². The smallest absolute Gasteiger partial charge is 0.0714 e. The summed E-state index contributed by atoms with van der Waals surface area (Å²) in [7, 11) is 0. The molecule has 1 aromatic rings. The van der Waals surface area contributed by atoms with Crippen molar-refractivity contribution in [3.05, 3.63) is 29.8 Å². The standard InChI is InChI=1S/C7H8O3S/c1-6-3-2-4-7(5-6)11-10-9-8/h2-5,8H,1H3. The van der Waals surface area contributed by atoms with Gasteiger partial charge >= 0.3 is 0 Å². The molecule has 1 rings (SSSR count). The van der Waals surface area contributed by atoms with Crippen molar-refractivity contribution in [3.8, 4) is 0 Å². The molecular weight excluding hydrogens is 164 g/mol. The van der Waals surface area contributed by atoms with E-state index in [2.05, 4.69) is 9.37 Å². The van der Waals surface area contributed by atoms with E-state index in [4.69, 9.17) is 5.26 Å². The Bertz CT molecular complexity index is 227. The molecule has 0 amide bonds.